The normalized spacial score (nSPS) is 15.8. The molecule has 0 bridgehead atoms. The van der Waals surface area contributed by atoms with Gasteiger partial charge in [0.1, 0.15) is 18.0 Å². The van der Waals surface area contributed by atoms with Crippen LogP contribution >= 0.6 is 0 Å². The summed E-state index contributed by atoms with van der Waals surface area (Å²) in [7, 11) is 0. The first kappa shape index (κ1) is 14.8. The molecule has 116 valence electrons. The van der Waals surface area contributed by atoms with Crippen LogP contribution in [-0.4, -0.2) is 29.1 Å². The number of anilines is 2. The van der Waals surface area contributed by atoms with Crippen LogP contribution in [0.15, 0.2) is 36.7 Å². The Labute approximate surface area is 132 Å². The van der Waals surface area contributed by atoms with Crippen molar-refractivity contribution in [2.24, 2.45) is 0 Å². The summed E-state index contributed by atoms with van der Waals surface area (Å²) in [6, 6.07) is 11.0. The lowest BCUT2D eigenvalue weighted by Crippen LogP contribution is -2.22. The number of hydrogen-bond donors (Lipinski definition) is 1. The number of aryl methyl sites for hydroxylation is 1. The van der Waals surface area contributed by atoms with Gasteiger partial charge in [-0.2, -0.15) is 0 Å². The molecule has 1 aromatic carbocycles. The van der Waals surface area contributed by atoms with Crippen molar-refractivity contribution in [1.29, 1.82) is 0 Å². The highest BCUT2D eigenvalue weighted by molar-refractivity contribution is 5.49. The highest BCUT2D eigenvalue weighted by atomic mass is 15.2. The Morgan fingerprint density at radius 3 is 2.73 bits per heavy atom. The van der Waals surface area contributed by atoms with E-state index in [-0.39, 0.29) is 0 Å². The molecule has 0 radical (unpaired) electrons. The van der Waals surface area contributed by atoms with Crippen LogP contribution in [0.2, 0.25) is 0 Å². The molecule has 22 heavy (non-hydrogen) atoms. The predicted molar refractivity (Wildman–Crippen MR) is 91.4 cm³/mol. The van der Waals surface area contributed by atoms with E-state index in [1.54, 1.807) is 6.33 Å². The van der Waals surface area contributed by atoms with Gasteiger partial charge in [-0.05, 0) is 44.2 Å². The van der Waals surface area contributed by atoms with Crippen molar-refractivity contribution in [3.05, 3.63) is 47.8 Å². The fraction of sp³-hybridized carbons (Fsp3) is 0.444. The smallest absolute Gasteiger partial charge is 0.134 e. The monoisotopic (exact) mass is 296 g/mol. The second-order valence-corrected chi connectivity index (χ2v) is 6.13. The molecule has 1 aliphatic rings. The molecular formula is C18H24N4. The molecule has 0 saturated carbocycles. The highest BCUT2D eigenvalue weighted by Crippen LogP contribution is 2.20. The number of rotatable bonds is 5. The topological polar surface area (TPSA) is 41.0 Å². The van der Waals surface area contributed by atoms with Crippen molar-refractivity contribution in [3.8, 4) is 0 Å². The number of nitrogens with zero attached hydrogens (tertiary/aromatic N) is 3. The van der Waals surface area contributed by atoms with E-state index in [1.165, 1.54) is 24.0 Å². The number of aromatic nitrogens is 2. The minimum Gasteiger partial charge on any atom is -0.367 e. The Kier molecular flexibility index (Phi) is 4.56. The van der Waals surface area contributed by atoms with Gasteiger partial charge in [-0.3, -0.25) is 0 Å². The van der Waals surface area contributed by atoms with Gasteiger partial charge in [0.15, 0.2) is 0 Å². The van der Waals surface area contributed by atoms with E-state index in [1.807, 2.05) is 0 Å². The summed E-state index contributed by atoms with van der Waals surface area (Å²) in [6.07, 6.45) is 5.18. The van der Waals surface area contributed by atoms with Crippen LogP contribution in [0.3, 0.4) is 0 Å². The maximum atomic E-state index is 4.40. The van der Waals surface area contributed by atoms with Crippen molar-refractivity contribution in [2.75, 3.05) is 23.3 Å². The average molecular weight is 296 g/mol. The molecule has 0 amide bonds. The first-order chi connectivity index (χ1) is 10.7. The van der Waals surface area contributed by atoms with Crippen molar-refractivity contribution < 1.29 is 0 Å². The summed E-state index contributed by atoms with van der Waals surface area (Å²) >= 11 is 0. The molecule has 1 aliphatic heterocycles. The van der Waals surface area contributed by atoms with Gasteiger partial charge in [0.25, 0.3) is 0 Å². The van der Waals surface area contributed by atoms with Crippen molar-refractivity contribution in [1.82, 2.24) is 9.97 Å². The minimum atomic E-state index is 0.336. The van der Waals surface area contributed by atoms with Gasteiger partial charge in [-0.1, -0.05) is 24.3 Å². The van der Waals surface area contributed by atoms with E-state index in [0.29, 0.717) is 6.04 Å². The predicted octanol–water partition coefficient (Wildman–Crippen LogP) is 3.43. The van der Waals surface area contributed by atoms with E-state index < -0.39 is 0 Å². The Morgan fingerprint density at radius 2 is 1.95 bits per heavy atom. The van der Waals surface area contributed by atoms with E-state index in [0.717, 1.165) is 31.1 Å². The molecule has 4 nitrogen and oxygen atoms in total. The fourth-order valence-electron chi connectivity index (χ4n) is 3.02. The number of benzene rings is 1. The van der Waals surface area contributed by atoms with Crippen LogP contribution < -0.4 is 10.2 Å². The standard InChI is InChI=1S/C18H24N4/c1-14-7-3-4-8-16(14)11-15(2)21-17-12-18(20-13-19-17)22-9-5-6-10-22/h3-4,7-8,12-13,15H,5-6,9-11H2,1-2H3,(H,19,20,21). The third kappa shape index (κ3) is 3.56. The summed E-state index contributed by atoms with van der Waals surface area (Å²) in [5.74, 6) is 1.95. The summed E-state index contributed by atoms with van der Waals surface area (Å²) in [5.41, 5.74) is 2.73. The summed E-state index contributed by atoms with van der Waals surface area (Å²) in [6.45, 7) is 6.58. The number of hydrogen-bond acceptors (Lipinski definition) is 4. The van der Waals surface area contributed by atoms with Gasteiger partial charge >= 0.3 is 0 Å². The maximum absolute atomic E-state index is 4.40. The van der Waals surface area contributed by atoms with E-state index in [4.69, 9.17) is 0 Å². The second kappa shape index (κ2) is 6.77. The molecule has 3 rings (SSSR count). The lowest BCUT2D eigenvalue weighted by atomic mass is 10.0. The molecule has 1 saturated heterocycles. The lowest BCUT2D eigenvalue weighted by molar-refractivity contribution is 0.778. The zero-order valence-electron chi connectivity index (χ0n) is 13.4. The summed E-state index contributed by atoms with van der Waals surface area (Å²) in [5, 5.41) is 3.50. The third-order valence-electron chi connectivity index (χ3n) is 4.26. The molecule has 1 atom stereocenters. The van der Waals surface area contributed by atoms with Crippen LogP contribution in [0.4, 0.5) is 11.6 Å². The molecule has 0 aliphatic carbocycles. The quantitative estimate of drug-likeness (QED) is 0.918. The van der Waals surface area contributed by atoms with Crippen molar-refractivity contribution in [2.45, 2.75) is 39.2 Å². The molecular weight excluding hydrogens is 272 g/mol. The fourth-order valence-corrected chi connectivity index (χ4v) is 3.02. The van der Waals surface area contributed by atoms with Gasteiger partial charge in [0, 0.05) is 25.2 Å². The van der Waals surface area contributed by atoms with E-state index >= 15 is 0 Å². The van der Waals surface area contributed by atoms with Crippen molar-refractivity contribution >= 4 is 11.6 Å². The van der Waals surface area contributed by atoms with Crippen LogP contribution in [0.5, 0.6) is 0 Å². The summed E-state index contributed by atoms with van der Waals surface area (Å²) < 4.78 is 0. The zero-order valence-corrected chi connectivity index (χ0v) is 13.4. The van der Waals surface area contributed by atoms with E-state index in [2.05, 4.69) is 64.4 Å². The van der Waals surface area contributed by atoms with Gasteiger partial charge in [0.2, 0.25) is 0 Å². The molecule has 1 aromatic heterocycles. The van der Waals surface area contributed by atoms with Crippen LogP contribution in [-0.2, 0) is 6.42 Å². The summed E-state index contributed by atoms with van der Waals surface area (Å²) in [4.78, 5) is 11.1. The molecule has 0 spiro atoms. The highest BCUT2D eigenvalue weighted by Gasteiger charge is 2.14. The molecule has 1 fully saturated rings. The molecule has 2 aromatic rings. The molecule has 1 unspecified atom stereocenters. The first-order valence-electron chi connectivity index (χ1n) is 8.10. The van der Waals surface area contributed by atoms with Crippen LogP contribution in [0.25, 0.3) is 0 Å². The Balaban J connectivity index is 1.65. The van der Waals surface area contributed by atoms with Crippen LogP contribution in [0, 0.1) is 6.92 Å². The molecule has 2 heterocycles. The Hall–Kier alpha value is -2.10. The SMILES string of the molecule is Cc1ccccc1CC(C)Nc1cc(N2CCCC2)ncn1. The lowest BCUT2D eigenvalue weighted by Gasteiger charge is -2.19. The first-order valence-corrected chi connectivity index (χ1v) is 8.10. The van der Waals surface area contributed by atoms with Gasteiger partial charge in [-0.15, -0.1) is 0 Å². The Bertz CT molecular complexity index is 620. The second-order valence-electron chi connectivity index (χ2n) is 6.13. The Morgan fingerprint density at radius 1 is 1.18 bits per heavy atom. The zero-order chi connectivity index (χ0) is 15.4. The molecule has 1 N–H and O–H groups in total. The molecule has 4 heteroatoms. The van der Waals surface area contributed by atoms with E-state index in [9.17, 15) is 0 Å². The maximum Gasteiger partial charge on any atom is 0.134 e. The number of nitrogens with one attached hydrogen (secondary N) is 1. The third-order valence-corrected chi connectivity index (χ3v) is 4.26. The van der Waals surface area contributed by atoms with Gasteiger partial charge in [-0.25, -0.2) is 9.97 Å². The largest absolute Gasteiger partial charge is 0.367 e. The average Bonchev–Trinajstić information content (AvgIpc) is 3.04. The van der Waals surface area contributed by atoms with Crippen LogP contribution in [0.1, 0.15) is 30.9 Å². The van der Waals surface area contributed by atoms with Gasteiger partial charge < -0.3 is 10.2 Å². The van der Waals surface area contributed by atoms with Gasteiger partial charge in [0.05, 0.1) is 0 Å². The van der Waals surface area contributed by atoms with Crippen molar-refractivity contribution in [3.63, 3.8) is 0 Å². The minimum absolute atomic E-state index is 0.336.